The Balaban J connectivity index is 2.09. The molecule has 96 valence electrons. The van der Waals surface area contributed by atoms with Gasteiger partial charge in [-0.25, -0.2) is 0 Å². The Morgan fingerprint density at radius 1 is 1.16 bits per heavy atom. The van der Waals surface area contributed by atoms with Gasteiger partial charge in [0.15, 0.2) is 5.58 Å². The number of hydrogen-bond donors (Lipinski definition) is 0. The zero-order valence-electron chi connectivity index (χ0n) is 10.4. The number of aromatic nitrogens is 1. The molecular formula is C15H12ClNOS. The number of halogens is 1. The number of hydrogen-bond acceptors (Lipinski definition) is 2. The van der Waals surface area contributed by atoms with Crippen molar-refractivity contribution in [3.05, 3.63) is 63.5 Å². The Kier molecular flexibility index (Phi) is 3.17. The molecule has 4 heteroatoms. The number of aryl methyl sites for hydroxylation is 1. The molecule has 0 N–H and O–H groups in total. The lowest BCUT2D eigenvalue weighted by atomic mass is 10.2. The third-order valence-corrected chi connectivity index (χ3v) is 3.63. The number of oxazole rings is 1. The third-order valence-electron chi connectivity index (χ3n) is 3.08. The highest BCUT2D eigenvalue weighted by Crippen LogP contribution is 2.21. The molecule has 0 fully saturated rings. The first kappa shape index (κ1) is 12.5. The van der Waals surface area contributed by atoms with Crippen molar-refractivity contribution in [1.82, 2.24) is 4.57 Å². The molecule has 0 saturated carbocycles. The third kappa shape index (κ3) is 2.44. The number of rotatable bonds is 2. The Hall–Kier alpha value is -1.58. The molecule has 0 unspecified atom stereocenters. The average molecular weight is 290 g/mol. The zero-order valence-corrected chi connectivity index (χ0v) is 12.0. The van der Waals surface area contributed by atoms with E-state index in [1.807, 2.05) is 41.0 Å². The second kappa shape index (κ2) is 4.83. The maximum Gasteiger partial charge on any atom is 0.269 e. The summed E-state index contributed by atoms with van der Waals surface area (Å²) in [6, 6.07) is 13.8. The van der Waals surface area contributed by atoms with Crippen LogP contribution in [0.3, 0.4) is 0 Å². The lowest BCUT2D eigenvalue weighted by Crippen LogP contribution is -1.99. The summed E-state index contributed by atoms with van der Waals surface area (Å²) in [6.45, 7) is 2.74. The van der Waals surface area contributed by atoms with Gasteiger partial charge in [-0.15, -0.1) is 0 Å². The van der Waals surface area contributed by atoms with Crippen molar-refractivity contribution in [2.45, 2.75) is 13.5 Å². The van der Waals surface area contributed by atoms with Gasteiger partial charge in [-0.3, -0.25) is 4.57 Å². The first-order valence-electron chi connectivity index (χ1n) is 5.98. The van der Waals surface area contributed by atoms with E-state index < -0.39 is 0 Å². The molecule has 0 amide bonds. The molecule has 3 rings (SSSR count). The fourth-order valence-corrected chi connectivity index (χ4v) is 2.47. The maximum absolute atomic E-state index is 5.89. The normalized spacial score (nSPS) is 11.1. The van der Waals surface area contributed by atoms with Gasteiger partial charge in [0, 0.05) is 5.02 Å². The summed E-state index contributed by atoms with van der Waals surface area (Å²) >= 11 is 11.2. The predicted molar refractivity (Wildman–Crippen MR) is 80.3 cm³/mol. The Morgan fingerprint density at radius 2 is 1.89 bits per heavy atom. The standard InChI is InChI=1S/C15H12ClNOS/c1-10-2-7-14-13(8-10)17(15(19)18-14)9-11-3-5-12(16)6-4-11/h2-8H,9H2,1H3. The molecule has 3 aromatic rings. The SMILES string of the molecule is Cc1ccc2oc(=S)n(Cc3ccc(Cl)cc3)c2c1. The van der Waals surface area contributed by atoms with Crippen molar-refractivity contribution in [1.29, 1.82) is 0 Å². The Bertz CT molecular complexity index is 786. The molecule has 1 heterocycles. The molecule has 0 spiro atoms. The van der Waals surface area contributed by atoms with Crippen LogP contribution in [-0.4, -0.2) is 4.57 Å². The van der Waals surface area contributed by atoms with E-state index in [-0.39, 0.29) is 0 Å². The second-order valence-electron chi connectivity index (χ2n) is 4.55. The van der Waals surface area contributed by atoms with E-state index in [2.05, 4.69) is 13.0 Å². The minimum atomic E-state index is 0.496. The lowest BCUT2D eigenvalue weighted by molar-refractivity contribution is 0.548. The summed E-state index contributed by atoms with van der Waals surface area (Å²) in [5, 5.41) is 0.736. The molecule has 19 heavy (non-hydrogen) atoms. The lowest BCUT2D eigenvalue weighted by Gasteiger charge is -2.04. The van der Waals surface area contributed by atoms with Gasteiger partial charge in [0.25, 0.3) is 4.84 Å². The molecule has 0 saturated heterocycles. The van der Waals surface area contributed by atoms with E-state index in [0.29, 0.717) is 11.4 Å². The van der Waals surface area contributed by atoms with Crippen LogP contribution in [0, 0.1) is 11.8 Å². The number of nitrogens with zero attached hydrogens (tertiary/aromatic N) is 1. The van der Waals surface area contributed by atoms with Gasteiger partial charge in [0.2, 0.25) is 0 Å². The van der Waals surface area contributed by atoms with Gasteiger partial charge >= 0.3 is 0 Å². The number of fused-ring (bicyclic) bond motifs is 1. The summed E-state index contributed by atoms with van der Waals surface area (Å²) in [7, 11) is 0. The molecular weight excluding hydrogens is 278 g/mol. The van der Waals surface area contributed by atoms with Crippen molar-refractivity contribution in [2.24, 2.45) is 0 Å². The predicted octanol–water partition coefficient (Wildman–Crippen LogP) is 4.97. The monoisotopic (exact) mass is 289 g/mol. The Morgan fingerprint density at radius 3 is 2.63 bits per heavy atom. The second-order valence-corrected chi connectivity index (χ2v) is 5.34. The highest BCUT2D eigenvalue weighted by atomic mass is 35.5. The van der Waals surface area contributed by atoms with Crippen LogP contribution in [0.2, 0.25) is 5.02 Å². The van der Waals surface area contributed by atoms with E-state index in [1.165, 1.54) is 5.56 Å². The quantitative estimate of drug-likeness (QED) is 0.620. The Labute approximate surface area is 121 Å². The first-order valence-corrected chi connectivity index (χ1v) is 6.76. The molecule has 0 aliphatic rings. The van der Waals surface area contributed by atoms with Crippen molar-refractivity contribution in [3.8, 4) is 0 Å². The first-order chi connectivity index (χ1) is 9.13. The summed E-state index contributed by atoms with van der Waals surface area (Å²) < 4.78 is 7.60. The van der Waals surface area contributed by atoms with Gasteiger partial charge in [-0.05, 0) is 54.5 Å². The largest absolute Gasteiger partial charge is 0.429 e. The fraction of sp³-hybridized carbons (Fsp3) is 0.133. The van der Waals surface area contributed by atoms with Crippen LogP contribution >= 0.6 is 23.8 Å². The summed E-state index contributed by atoms with van der Waals surface area (Å²) in [4.78, 5) is 0.496. The fourth-order valence-electron chi connectivity index (χ4n) is 2.09. The topological polar surface area (TPSA) is 18.1 Å². The van der Waals surface area contributed by atoms with Crippen molar-refractivity contribution in [3.63, 3.8) is 0 Å². The van der Waals surface area contributed by atoms with E-state index in [1.54, 1.807) is 0 Å². The van der Waals surface area contributed by atoms with Crippen molar-refractivity contribution >= 4 is 34.9 Å². The average Bonchev–Trinajstić information content (AvgIpc) is 2.69. The molecule has 0 aliphatic heterocycles. The molecule has 1 aromatic heterocycles. The molecule has 0 atom stereocenters. The van der Waals surface area contributed by atoms with Crippen LogP contribution in [0.4, 0.5) is 0 Å². The van der Waals surface area contributed by atoms with Crippen LogP contribution in [0.25, 0.3) is 11.1 Å². The minimum absolute atomic E-state index is 0.496. The van der Waals surface area contributed by atoms with Crippen molar-refractivity contribution in [2.75, 3.05) is 0 Å². The summed E-state index contributed by atoms with van der Waals surface area (Å²) in [5.74, 6) is 0. The van der Waals surface area contributed by atoms with E-state index >= 15 is 0 Å². The van der Waals surface area contributed by atoms with E-state index in [4.69, 9.17) is 28.2 Å². The van der Waals surface area contributed by atoms with Crippen molar-refractivity contribution < 1.29 is 4.42 Å². The minimum Gasteiger partial charge on any atom is -0.429 e. The molecule has 0 aliphatic carbocycles. The van der Waals surface area contributed by atoms with Gasteiger partial charge in [-0.2, -0.15) is 0 Å². The van der Waals surface area contributed by atoms with Crippen LogP contribution in [0.5, 0.6) is 0 Å². The van der Waals surface area contributed by atoms with Gasteiger partial charge < -0.3 is 4.42 Å². The zero-order chi connectivity index (χ0) is 13.4. The molecule has 2 aromatic carbocycles. The highest BCUT2D eigenvalue weighted by molar-refractivity contribution is 7.71. The van der Waals surface area contributed by atoms with E-state index in [0.717, 1.165) is 21.7 Å². The summed E-state index contributed by atoms with van der Waals surface area (Å²) in [5.41, 5.74) is 4.18. The van der Waals surface area contributed by atoms with E-state index in [9.17, 15) is 0 Å². The van der Waals surface area contributed by atoms with Crippen LogP contribution < -0.4 is 0 Å². The van der Waals surface area contributed by atoms with Crippen LogP contribution in [-0.2, 0) is 6.54 Å². The van der Waals surface area contributed by atoms with Crippen LogP contribution in [0.15, 0.2) is 46.9 Å². The van der Waals surface area contributed by atoms with Gasteiger partial charge in [-0.1, -0.05) is 29.8 Å². The molecule has 2 nitrogen and oxygen atoms in total. The van der Waals surface area contributed by atoms with Gasteiger partial charge in [0.1, 0.15) is 0 Å². The van der Waals surface area contributed by atoms with Crippen LogP contribution in [0.1, 0.15) is 11.1 Å². The molecule has 0 radical (unpaired) electrons. The smallest absolute Gasteiger partial charge is 0.269 e. The van der Waals surface area contributed by atoms with Gasteiger partial charge in [0.05, 0.1) is 12.1 Å². The number of benzene rings is 2. The summed E-state index contributed by atoms with van der Waals surface area (Å²) in [6.07, 6.45) is 0. The highest BCUT2D eigenvalue weighted by Gasteiger charge is 2.07. The maximum atomic E-state index is 5.89. The molecule has 0 bridgehead atoms.